The van der Waals surface area contributed by atoms with Gasteiger partial charge in [0.15, 0.2) is 17.5 Å². The van der Waals surface area contributed by atoms with Gasteiger partial charge in [0.25, 0.3) is 0 Å². The van der Waals surface area contributed by atoms with Gasteiger partial charge >= 0.3 is 0 Å². The van der Waals surface area contributed by atoms with E-state index < -0.39 is 0 Å². The molecule has 0 saturated carbocycles. The van der Waals surface area contributed by atoms with E-state index in [-0.39, 0.29) is 0 Å². The van der Waals surface area contributed by atoms with Gasteiger partial charge in [-0.15, -0.1) is 0 Å². The second-order valence-corrected chi connectivity index (χ2v) is 7.90. The highest BCUT2D eigenvalue weighted by Gasteiger charge is 2.21. The Morgan fingerprint density at radius 2 is 1.85 bits per heavy atom. The molecule has 152 valence electrons. The molecule has 6 nitrogen and oxygen atoms in total. The highest BCUT2D eigenvalue weighted by molar-refractivity contribution is 9.10. The number of likely N-dealkylation sites (tertiary alicyclic amines) is 1. The Labute approximate surface area is 171 Å². The third-order valence-corrected chi connectivity index (χ3v) is 5.64. The standard InChI is InChI=1S/C20H33BrN4O2/c1-6-22-20(24-16-7-9-25(10-8-16)14(2)3)23-13-15-11-18(26-4)19(27-5)12-17(15)21/h11-12,14,16H,6-10,13H2,1-5H3,(H2,22,23,24). The molecule has 1 fully saturated rings. The van der Waals surface area contributed by atoms with Crippen LogP contribution in [0.5, 0.6) is 11.5 Å². The number of benzene rings is 1. The van der Waals surface area contributed by atoms with E-state index >= 15 is 0 Å². The van der Waals surface area contributed by atoms with Crippen molar-refractivity contribution < 1.29 is 9.47 Å². The number of ether oxygens (including phenoxy) is 2. The first-order valence-electron chi connectivity index (χ1n) is 9.67. The molecule has 1 aliphatic rings. The number of rotatable bonds is 7. The van der Waals surface area contributed by atoms with Crippen LogP contribution in [-0.4, -0.2) is 56.8 Å². The summed E-state index contributed by atoms with van der Waals surface area (Å²) in [6, 6.07) is 4.98. The quantitative estimate of drug-likeness (QED) is 0.502. The van der Waals surface area contributed by atoms with Gasteiger partial charge in [0.05, 0.1) is 20.8 Å². The van der Waals surface area contributed by atoms with Crippen LogP contribution in [0, 0.1) is 0 Å². The molecule has 1 saturated heterocycles. The van der Waals surface area contributed by atoms with Crippen LogP contribution in [0.2, 0.25) is 0 Å². The van der Waals surface area contributed by atoms with Crippen LogP contribution in [0.3, 0.4) is 0 Å². The summed E-state index contributed by atoms with van der Waals surface area (Å²) in [7, 11) is 3.29. The Balaban J connectivity index is 2.03. The summed E-state index contributed by atoms with van der Waals surface area (Å²) in [4.78, 5) is 7.31. The van der Waals surface area contributed by atoms with Crippen molar-refractivity contribution in [2.45, 2.75) is 52.2 Å². The second-order valence-electron chi connectivity index (χ2n) is 7.04. The van der Waals surface area contributed by atoms with Gasteiger partial charge in [-0.05, 0) is 51.3 Å². The molecule has 0 unspecified atom stereocenters. The molecule has 2 rings (SSSR count). The zero-order chi connectivity index (χ0) is 19.8. The maximum absolute atomic E-state index is 5.41. The summed E-state index contributed by atoms with van der Waals surface area (Å²) in [5, 5.41) is 6.96. The first-order valence-corrected chi connectivity index (χ1v) is 10.5. The van der Waals surface area contributed by atoms with E-state index in [0.29, 0.717) is 30.1 Å². The normalized spacial score (nSPS) is 16.5. The lowest BCUT2D eigenvalue weighted by Gasteiger charge is -2.35. The molecular weight excluding hydrogens is 408 g/mol. The summed E-state index contributed by atoms with van der Waals surface area (Å²) < 4.78 is 11.7. The van der Waals surface area contributed by atoms with Crippen molar-refractivity contribution in [2.24, 2.45) is 4.99 Å². The number of nitrogens with one attached hydrogen (secondary N) is 2. The topological polar surface area (TPSA) is 58.1 Å². The van der Waals surface area contributed by atoms with Gasteiger partial charge in [0.2, 0.25) is 0 Å². The molecule has 2 N–H and O–H groups in total. The molecule has 1 aromatic carbocycles. The van der Waals surface area contributed by atoms with Crippen molar-refractivity contribution >= 4 is 21.9 Å². The SMILES string of the molecule is CCNC(=NCc1cc(OC)c(OC)cc1Br)NC1CCN(C(C)C)CC1. The number of hydrogen-bond acceptors (Lipinski definition) is 4. The minimum atomic E-state index is 0.464. The molecule has 1 heterocycles. The second kappa shape index (κ2) is 10.8. The Bertz CT molecular complexity index is 629. The first-order chi connectivity index (χ1) is 13.0. The molecule has 1 aliphatic heterocycles. The van der Waals surface area contributed by atoms with Gasteiger partial charge < -0.3 is 25.0 Å². The van der Waals surface area contributed by atoms with Crippen LogP contribution in [-0.2, 0) is 6.54 Å². The average molecular weight is 441 g/mol. The molecular formula is C20H33BrN4O2. The monoisotopic (exact) mass is 440 g/mol. The highest BCUT2D eigenvalue weighted by atomic mass is 79.9. The molecule has 0 bridgehead atoms. The Morgan fingerprint density at radius 3 is 2.41 bits per heavy atom. The van der Waals surface area contributed by atoms with Gasteiger partial charge in [-0.25, -0.2) is 4.99 Å². The van der Waals surface area contributed by atoms with E-state index in [4.69, 9.17) is 14.5 Å². The van der Waals surface area contributed by atoms with Crippen LogP contribution in [0.15, 0.2) is 21.6 Å². The lowest BCUT2D eigenvalue weighted by molar-refractivity contribution is 0.167. The lowest BCUT2D eigenvalue weighted by atomic mass is 10.0. The summed E-state index contributed by atoms with van der Waals surface area (Å²) in [6.07, 6.45) is 2.28. The Morgan fingerprint density at radius 1 is 1.22 bits per heavy atom. The number of guanidine groups is 1. The molecule has 7 heteroatoms. The van der Waals surface area contributed by atoms with Crippen LogP contribution in [0.4, 0.5) is 0 Å². The Hall–Kier alpha value is -1.47. The van der Waals surface area contributed by atoms with Crippen molar-refractivity contribution in [3.63, 3.8) is 0 Å². The average Bonchev–Trinajstić information content (AvgIpc) is 2.67. The number of hydrogen-bond donors (Lipinski definition) is 2. The Kier molecular flexibility index (Phi) is 8.70. The minimum Gasteiger partial charge on any atom is -0.493 e. The molecule has 0 radical (unpaired) electrons. The summed E-state index contributed by atoms with van der Waals surface area (Å²) in [5.41, 5.74) is 1.06. The van der Waals surface area contributed by atoms with Gasteiger partial charge in [0, 0.05) is 36.2 Å². The van der Waals surface area contributed by atoms with E-state index in [2.05, 4.69) is 52.2 Å². The maximum atomic E-state index is 5.41. The molecule has 0 aliphatic carbocycles. The fourth-order valence-electron chi connectivity index (χ4n) is 3.26. The smallest absolute Gasteiger partial charge is 0.191 e. The van der Waals surface area contributed by atoms with E-state index in [1.54, 1.807) is 14.2 Å². The van der Waals surface area contributed by atoms with E-state index in [1.165, 1.54) is 0 Å². The number of methoxy groups -OCH3 is 2. The number of nitrogens with zero attached hydrogens (tertiary/aromatic N) is 2. The molecule has 0 atom stereocenters. The van der Waals surface area contributed by atoms with E-state index in [1.807, 2.05) is 12.1 Å². The summed E-state index contributed by atoms with van der Waals surface area (Å²) in [5.74, 6) is 2.28. The van der Waals surface area contributed by atoms with Crippen LogP contribution < -0.4 is 20.1 Å². The summed E-state index contributed by atoms with van der Waals surface area (Å²) in [6.45, 7) is 10.3. The van der Waals surface area contributed by atoms with Crippen LogP contribution in [0.25, 0.3) is 0 Å². The van der Waals surface area contributed by atoms with Crippen molar-refractivity contribution in [1.29, 1.82) is 0 Å². The highest BCUT2D eigenvalue weighted by Crippen LogP contribution is 2.33. The fraction of sp³-hybridized carbons (Fsp3) is 0.650. The zero-order valence-corrected chi connectivity index (χ0v) is 18.7. The minimum absolute atomic E-state index is 0.464. The van der Waals surface area contributed by atoms with E-state index in [9.17, 15) is 0 Å². The molecule has 0 spiro atoms. The van der Waals surface area contributed by atoms with Crippen LogP contribution >= 0.6 is 15.9 Å². The number of halogens is 1. The van der Waals surface area contributed by atoms with Crippen molar-refractivity contribution in [2.75, 3.05) is 33.9 Å². The number of aliphatic imine (C=N–C) groups is 1. The van der Waals surface area contributed by atoms with Gasteiger partial charge in [-0.3, -0.25) is 0 Å². The molecule has 27 heavy (non-hydrogen) atoms. The van der Waals surface area contributed by atoms with Gasteiger partial charge in [-0.2, -0.15) is 0 Å². The van der Waals surface area contributed by atoms with Crippen molar-refractivity contribution in [3.8, 4) is 11.5 Å². The zero-order valence-electron chi connectivity index (χ0n) is 17.1. The van der Waals surface area contributed by atoms with E-state index in [0.717, 1.165) is 48.5 Å². The maximum Gasteiger partial charge on any atom is 0.191 e. The third-order valence-electron chi connectivity index (χ3n) is 4.91. The number of piperidine rings is 1. The van der Waals surface area contributed by atoms with Crippen molar-refractivity contribution in [1.82, 2.24) is 15.5 Å². The molecule has 0 amide bonds. The van der Waals surface area contributed by atoms with Gasteiger partial charge in [0.1, 0.15) is 0 Å². The first kappa shape index (κ1) is 21.8. The summed E-state index contributed by atoms with van der Waals surface area (Å²) >= 11 is 3.61. The largest absolute Gasteiger partial charge is 0.493 e. The van der Waals surface area contributed by atoms with Gasteiger partial charge in [-0.1, -0.05) is 15.9 Å². The predicted molar refractivity (Wildman–Crippen MR) is 115 cm³/mol. The van der Waals surface area contributed by atoms with Crippen molar-refractivity contribution in [3.05, 3.63) is 22.2 Å². The molecule has 1 aromatic rings. The lowest BCUT2D eigenvalue weighted by Crippen LogP contribution is -2.49. The molecule has 0 aromatic heterocycles. The fourth-order valence-corrected chi connectivity index (χ4v) is 3.70. The predicted octanol–water partition coefficient (Wildman–Crippen LogP) is 3.39. The van der Waals surface area contributed by atoms with Crippen LogP contribution in [0.1, 0.15) is 39.2 Å². The third kappa shape index (κ3) is 6.28.